The molecule has 3 nitrogen and oxygen atoms in total. The molecule has 238 valence electrons. The van der Waals surface area contributed by atoms with Crippen LogP contribution in [0, 0.1) is 0 Å². The molecule has 3 heteroatoms. The maximum Gasteiger partial charge on any atom is 0.143 e. The molecule has 0 spiro atoms. The number of rotatable bonds is 4. The molecule has 0 aliphatic heterocycles. The molecule has 51 heavy (non-hydrogen) atoms. The van der Waals surface area contributed by atoms with Crippen LogP contribution in [0.5, 0.6) is 0 Å². The van der Waals surface area contributed by atoms with Crippen LogP contribution in [0.4, 0.5) is 0 Å². The largest absolute Gasteiger partial charge is 0.456 e. The van der Waals surface area contributed by atoms with Gasteiger partial charge in [-0.3, -0.25) is 0 Å². The summed E-state index contributed by atoms with van der Waals surface area (Å²) < 4.78 is 14.8. The molecule has 0 saturated heterocycles. The monoisotopic (exact) mass is 651 g/mol. The lowest BCUT2D eigenvalue weighted by Gasteiger charge is -2.10. The van der Waals surface area contributed by atoms with Gasteiger partial charge in [-0.25, -0.2) is 0 Å². The molecule has 0 aliphatic rings. The normalized spacial score (nSPS) is 11.9. The van der Waals surface area contributed by atoms with Gasteiger partial charge >= 0.3 is 0 Å². The van der Waals surface area contributed by atoms with Crippen LogP contribution in [0.15, 0.2) is 185 Å². The first-order chi connectivity index (χ1) is 25.3. The van der Waals surface area contributed by atoms with E-state index in [-0.39, 0.29) is 0 Å². The lowest BCUT2D eigenvalue weighted by atomic mass is 9.98. The molecule has 11 aromatic rings. The van der Waals surface area contributed by atoms with Gasteiger partial charge in [0.25, 0.3) is 0 Å². The molecule has 0 fully saturated rings. The number of para-hydroxylation sites is 4. The van der Waals surface area contributed by atoms with Crippen LogP contribution in [-0.4, -0.2) is 4.57 Å². The van der Waals surface area contributed by atoms with E-state index in [1.54, 1.807) is 0 Å². The van der Waals surface area contributed by atoms with Gasteiger partial charge in [-0.1, -0.05) is 121 Å². The van der Waals surface area contributed by atoms with Crippen molar-refractivity contribution in [3.63, 3.8) is 0 Å². The topological polar surface area (TPSA) is 31.2 Å². The van der Waals surface area contributed by atoms with Crippen LogP contribution in [0.1, 0.15) is 0 Å². The van der Waals surface area contributed by atoms with Gasteiger partial charge in [-0.15, -0.1) is 0 Å². The third-order valence-corrected chi connectivity index (χ3v) is 10.4. The summed E-state index contributed by atoms with van der Waals surface area (Å²) in [5.41, 5.74) is 14.2. The van der Waals surface area contributed by atoms with E-state index in [2.05, 4.69) is 156 Å². The Labute approximate surface area is 293 Å². The van der Waals surface area contributed by atoms with Crippen LogP contribution in [0.25, 0.3) is 105 Å². The zero-order valence-electron chi connectivity index (χ0n) is 27.5. The summed E-state index contributed by atoms with van der Waals surface area (Å²) in [4.78, 5) is 0. The maximum absolute atomic E-state index is 6.35. The first-order valence-corrected chi connectivity index (χ1v) is 17.3. The van der Waals surface area contributed by atoms with Crippen LogP contribution in [0.2, 0.25) is 0 Å². The Balaban J connectivity index is 0.963. The fraction of sp³-hybridized carbons (Fsp3) is 0. The maximum atomic E-state index is 6.35. The average Bonchev–Trinajstić information content (AvgIpc) is 3.87. The molecule has 0 aliphatic carbocycles. The minimum Gasteiger partial charge on any atom is -0.456 e. The second kappa shape index (κ2) is 10.8. The van der Waals surface area contributed by atoms with Crippen LogP contribution >= 0.6 is 0 Å². The second-order valence-corrected chi connectivity index (χ2v) is 13.3. The van der Waals surface area contributed by atoms with E-state index in [9.17, 15) is 0 Å². The van der Waals surface area contributed by atoms with Gasteiger partial charge in [0.15, 0.2) is 0 Å². The zero-order chi connectivity index (χ0) is 33.5. The molecule has 0 amide bonds. The van der Waals surface area contributed by atoms with E-state index in [0.29, 0.717) is 0 Å². The Morgan fingerprint density at radius 1 is 0.314 bits per heavy atom. The summed E-state index contributed by atoms with van der Waals surface area (Å²) in [5, 5.41) is 7.06. The van der Waals surface area contributed by atoms with Crippen molar-refractivity contribution in [1.29, 1.82) is 0 Å². The lowest BCUT2D eigenvalue weighted by Crippen LogP contribution is -1.93. The number of fused-ring (bicyclic) bond motifs is 9. The zero-order valence-corrected chi connectivity index (χ0v) is 27.5. The summed E-state index contributed by atoms with van der Waals surface area (Å²) in [6.45, 7) is 0. The first-order valence-electron chi connectivity index (χ1n) is 17.3. The Kier molecular flexibility index (Phi) is 5.96. The van der Waals surface area contributed by atoms with Crippen molar-refractivity contribution in [1.82, 2.24) is 4.57 Å². The van der Waals surface area contributed by atoms with Gasteiger partial charge < -0.3 is 13.4 Å². The fourth-order valence-corrected chi connectivity index (χ4v) is 7.96. The number of hydrogen-bond acceptors (Lipinski definition) is 2. The van der Waals surface area contributed by atoms with Crippen LogP contribution in [0.3, 0.4) is 0 Å². The van der Waals surface area contributed by atoms with Crippen molar-refractivity contribution in [2.75, 3.05) is 0 Å². The molecule has 3 aromatic heterocycles. The molecule has 3 heterocycles. The van der Waals surface area contributed by atoms with Crippen molar-refractivity contribution in [3.8, 4) is 39.1 Å². The number of nitrogens with zero attached hydrogens (tertiary/aromatic N) is 1. The van der Waals surface area contributed by atoms with Crippen LogP contribution < -0.4 is 0 Å². The molecular formula is C48H29NO2. The van der Waals surface area contributed by atoms with Gasteiger partial charge in [0.1, 0.15) is 22.3 Å². The lowest BCUT2D eigenvalue weighted by molar-refractivity contribution is 0.669. The molecular weight excluding hydrogens is 623 g/mol. The van der Waals surface area contributed by atoms with E-state index >= 15 is 0 Å². The Morgan fingerprint density at radius 2 is 0.843 bits per heavy atom. The summed E-state index contributed by atoms with van der Waals surface area (Å²) in [7, 11) is 0. The fourth-order valence-electron chi connectivity index (χ4n) is 7.96. The van der Waals surface area contributed by atoms with Crippen molar-refractivity contribution in [3.05, 3.63) is 176 Å². The number of furan rings is 2. The Bertz CT molecular complexity index is 3120. The highest BCUT2D eigenvalue weighted by Crippen LogP contribution is 2.39. The minimum absolute atomic E-state index is 0.915. The van der Waals surface area contributed by atoms with E-state index in [1.807, 2.05) is 24.3 Å². The third-order valence-electron chi connectivity index (χ3n) is 10.4. The van der Waals surface area contributed by atoms with Gasteiger partial charge in [0.05, 0.1) is 11.0 Å². The molecule has 0 radical (unpaired) electrons. The smallest absolute Gasteiger partial charge is 0.143 e. The Morgan fingerprint density at radius 3 is 1.61 bits per heavy atom. The average molecular weight is 652 g/mol. The Hall–Kier alpha value is -6.84. The number of aromatic nitrogens is 1. The quantitative estimate of drug-likeness (QED) is 0.190. The summed E-state index contributed by atoms with van der Waals surface area (Å²) >= 11 is 0. The summed E-state index contributed by atoms with van der Waals surface area (Å²) in [6, 6.07) is 62.7. The van der Waals surface area contributed by atoms with E-state index < -0.39 is 0 Å². The van der Waals surface area contributed by atoms with E-state index in [0.717, 1.165) is 60.7 Å². The van der Waals surface area contributed by atoms with Crippen molar-refractivity contribution >= 4 is 65.7 Å². The van der Waals surface area contributed by atoms with Crippen LogP contribution in [-0.2, 0) is 0 Å². The molecule has 11 rings (SSSR count). The molecule has 0 N–H and O–H groups in total. The third kappa shape index (κ3) is 4.32. The van der Waals surface area contributed by atoms with Gasteiger partial charge in [0, 0.05) is 43.6 Å². The number of benzene rings is 8. The van der Waals surface area contributed by atoms with Crippen molar-refractivity contribution in [2.45, 2.75) is 0 Å². The highest BCUT2D eigenvalue weighted by atomic mass is 16.3. The minimum atomic E-state index is 0.915. The van der Waals surface area contributed by atoms with Gasteiger partial charge in [-0.2, -0.15) is 0 Å². The summed E-state index contributed by atoms with van der Waals surface area (Å²) in [5.74, 6) is 0. The molecule has 0 atom stereocenters. The van der Waals surface area contributed by atoms with Crippen molar-refractivity contribution in [2.24, 2.45) is 0 Å². The van der Waals surface area contributed by atoms with Crippen molar-refractivity contribution < 1.29 is 8.83 Å². The number of hydrogen-bond donors (Lipinski definition) is 0. The van der Waals surface area contributed by atoms with E-state index in [4.69, 9.17) is 8.83 Å². The predicted octanol–water partition coefficient (Wildman–Crippen LogP) is 13.6. The standard InChI is InChI=1S/C48H29NO2/c1-4-13-43-37(8-1)41-28-33(30-16-18-31(19-17-30)34-23-27-47-42(29-34)39-10-3-5-14-45(39)50-47)22-26-44(41)49(43)35-24-20-32(21-25-35)36-11-7-12-40-38-9-2-6-15-46(38)51-48(36)40/h1-29H. The highest BCUT2D eigenvalue weighted by Gasteiger charge is 2.16. The molecule has 0 bridgehead atoms. The predicted molar refractivity (Wildman–Crippen MR) is 212 cm³/mol. The molecule has 0 unspecified atom stereocenters. The van der Waals surface area contributed by atoms with E-state index in [1.165, 1.54) is 44.1 Å². The van der Waals surface area contributed by atoms with Gasteiger partial charge in [0.2, 0.25) is 0 Å². The molecule has 0 saturated carbocycles. The first kappa shape index (κ1) is 28.0. The second-order valence-electron chi connectivity index (χ2n) is 13.3. The van der Waals surface area contributed by atoms with Gasteiger partial charge in [-0.05, 0) is 82.4 Å². The molecule has 8 aromatic carbocycles. The summed E-state index contributed by atoms with van der Waals surface area (Å²) in [6.07, 6.45) is 0. The SMILES string of the molecule is c1ccc2c(c1)oc1ccc(-c3ccc(-c4ccc5c(c4)c4ccccc4n5-c4ccc(-c5cccc6c5oc5ccccc56)cc4)cc3)cc12. The highest BCUT2D eigenvalue weighted by molar-refractivity contribution is 6.11.